The third kappa shape index (κ3) is 5.68. The molecule has 0 spiro atoms. The van der Waals surface area contributed by atoms with E-state index in [0.717, 1.165) is 10.0 Å². The molecule has 0 fully saturated rings. The molecule has 0 bridgehead atoms. The van der Waals surface area contributed by atoms with Crippen molar-refractivity contribution in [1.29, 1.82) is 0 Å². The van der Waals surface area contributed by atoms with Crippen molar-refractivity contribution in [2.75, 3.05) is 0 Å². The fraction of sp³-hybridized carbons (Fsp3) is 0.176. The Bertz CT molecular complexity index is 792. The van der Waals surface area contributed by atoms with Crippen LogP contribution in [0.5, 0.6) is 0 Å². The van der Waals surface area contributed by atoms with Crippen molar-refractivity contribution in [3.63, 3.8) is 0 Å². The van der Waals surface area contributed by atoms with Crippen LogP contribution >= 0.6 is 15.9 Å². The van der Waals surface area contributed by atoms with Crippen molar-refractivity contribution in [2.45, 2.75) is 18.9 Å². The number of halogens is 1. The van der Waals surface area contributed by atoms with Gasteiger partial charge in [-0.3, -0.25) is 14.9 Å². The lowest BCUT2D eigenvalue weighted by Gasteiger charge is -2.15. The van der Waals surface area contributed by atoms with Crippen LogP contribution in [0.2, 0.25) is 0 Å². The molecule has 2 N–H and O–H groups in total. The number of nitrogens with zero attached hydrogens (tertiary/aromatic N) is 1. The molecule has 0 saturated carbocycles. The number of amides is 1. The number of carbonyl (C=O) groups is 2. The van der Waals surface area contributed by atoms with E-state index in [1.807, 2.05) is 0 Å². The molecule has 0 unspecified atom stereocenters. The van der Waals surface area contributed by atoms with Gasteiger partial charge in [0.2, 0.25) is 5.91 Å². The molecule has 0 aliphatic rings. The van der Waals surface area contributed by atoms with E-state index in [9.17, 15) is 24.8 Å². The van der Waals surface area contributed by atoms with Crippen LogP contribution in [0.25, 0.3) is 0 Å². The second-order valence-electron chi connectivity index (χ2n) is 5.39. The first-order valence-corrected chi connectivity index (χ1v) is 8.14. The largest absolute Gasteiger partial charge is 0.480 e. The lowest BCUT2D eigenvalue weighted by atomic mass is 10.1. The van der Waals surface area contributed by atoms with Crippen LogP contribution in [0.1, 0.15) is 11.1 Å². The summed E-state index contributed by atoms with van der Waals surface area (Å²) in [6.07, 6.45) is 0.00902. The Balaban J connectivity index is 2.02. The van der Waals surface area contributed by atoms with Crippen LogP contribution in [-0.4, -0.2) is 27.9 Å². The van der Waals surface area contributed by atoms with Gasteiger partial charge < -0.3 is 10.4 Å². The van der Waals surface area contributed by atoms with E-state index in [1.54, 1.807) is 30.3 Å². The summed E-state index contributed by atoms with van der Waals surface area (Å²) in [6, 6.07) is 11.7. The molecule has 0 aliphatic carbocycles. The minimum atomic E-state index is -1.14. The highest BCUT2D eigenvalue weighted by atomic mass is 79.9. The van der Waals surface area contributed by atoms with Gasteiger partial charge in [0, 0.05) is 23.0 Å². The third-order valence-electron chi connectivity index (χ3n) is 3.47. The molecular weight excluding hydrogens is 392 g/mol. The van der Waals surface area contributed by atoms with Gasteiger partial charge in [-0.25, -0.2) is 4.79 Å². The van der Waals surface area contributed by atoms with Gasteiger partial charge in [-0.05, 0) is 23.3 Å². The molecule has 130 valence electrons. The summed E-state index contributed by atoms with van der Waals surface area (Å²) in [5.74, 6) is -1.65. The molecule has 25 heavy (non-hydrogen) atoms. The number of carbonyl (C=O) groups excluding carboxylic acids is 1. The first-order valence-electron chi connectivity index (χ1n) is 7.35. The van der Waals surface area contributed by atoms with E-state index in [0.29, 0.717) is 5.56 Å². The number of aliphatic carboxylic acids is 1. The summed E-state index contributed by atoms with van der Waals surface area (Å²) < 4.78 is 0.873. The highest BCUT2D eigenvalue weighted by Crippen LogP contribution is 2.14. The first-order chi connectivity index (χ1) is 11.8. The summed E-state index contributed by atoms with van der Waals surface area (Å²) in [5.41, 5.74) is 1.10. The summed E-state index contributed by atoms with van der Waals surface area (Å²) in [5, 5.41) is 22.5. The minimum absolute atomic E-state index is 0.116. The lowest BCUT2D eigenvalue weighted by molar-refractivity contribution is -0.384. The van der Waals surface area contributed by atoms with E-state index in [-0.39, 0.29) is 18.5 Å². The zero-order valence-corrected chi connectivity index (χ0v) is 14.6. The Labute approximate surface area is 152 Å². The second kappa shape index (κ2) is 8.39. The van der Waals surface area contributed by atoms with Crippen LogP contribution < -0.4 is 5.32 Å². The molecule has 1 amide bonds. The predicted molar refractivity (Wildman–Crippen MR) is 94.2 cm³/mol. The van der Waals surface area contributed by atoms with Crippen LogP contribution in [0.3, 0.4) is 0 Å². The molecule has 1 atom stereocenters. The zero-order chi connectivity index (χ0) is 18.4. The molecule has 0 heterocycles. The smallest absolute Gasteiger partial charge is 0.326 e. The van der Waals surface area contributed by atoms with Gasteiger partial charge >= 0.3 is 5.97 Å². The van der Waals surface area contributed by atoms with Crippen LogP contribution in [0, 0.1) is 10.1 Å². The van der Waals surface area contributed by atoms with E-state index < -0.39 is 22.8 Å². The number of nitro groups is 1. The van der Waals surface area contributed by atoms with Gasteiger partial charge in [-0.1, -0.05) is 40.2 Å². The van der Waals surface area contributed by atoms with Crippen LogP contribution in [-0.2, 0) is 22.4 Å². The maximum absolute atomic E-state index is 12.1. The highest BCUT2D eigenvalue weighted by Gasteiger charge is 2.21. The van der Waals surface area contributed by atoms with E-state index in [2.05, 4.69) is 21.2 Å². The molecule has 2 aromatic rings. The van der Waals surface area contributed by atoms with Crippen molar-refractivity contribution < 1.29 is 19.6 Å². The molecule has 0 saturated heterocycles. The monoisotopic (exact) mass is 406 g/mol. The van der Waals surface area contributed by atoms with Gasteiger partial charge in [-0.15, -0.1) is 0 Å². The zero-order valence-electron chi connectivity index (χ0n) is 13.0. The molecule has 2 aromatic carbocycles. The standard InChI is InChI=1S/C17H15BrN2O5/c18-13-6-4-11(5-7-13)9-15(17(22)23)19-16(21)10-12-2-1-3-14(8-12)20(24)25/h1-8,15H,9-10H2,(H,19,21)(H,22,23)/t15-/m0/s1. The average molecular weight is 407 g/mol. The first kappa shape index (κ1) is 18.6. The number of hydrogen-bond acceptors (Lipinski definition) is 4. The van der Waals surface area contributed by atoms with Crippen LogP contribution in [0.15, 0.2) is 53.0 Å². The quantitative estimate of drug-likeness (QED) is 0.542. The lowest BCUT2D eigenvalue weighted by Crippen LogP contribution is -2.43. The number of rotatable bonds is 7. The van der Waals surface area contributed by atoms with E-state index >= 15 is 0 Å². The van der Waals surface area contributed by atoms with Gasteiger partial charge in [0.05, 0.1) is 11.3 Å². The number of benzene rings is 2. The van der Waals surface area contributed by atoms with Crippen LogP contribution in [0.4, 0.5) is 5.69 Å². The summed E-state index contributed by atoms with van der Waals surface area (Å²) in [6.45, 7) is 0. The van der Waals surface area contributed by atoms with Gasteiger partial charge in [0.1, 0.15) is 6.04 Å². The molecule has 0 aromatic heterocycles. The molecular formula is C17H15BrN2O5. The summed E-state index contributed by atoms with van der Waals surface area (Å²) in [7, 11) is 0. The van der Waals surface area contributed by atoms with Gasteiger partial charge in [-0.2, -0.15) is 0 Å². The van der Waals surface area contributed by atoms with E-state index in [4.69, 9.17) is 0 Å². The Hall–Kier alpha value is -2.74. The number of carboxylic acid groups (broad SMARTS) is 1. The second-order valence-corrected chi connectivity index (χ2v) is 6.31. The topological polar surface area (TPSA) is 110 Å². The third-order valence-corrected chi connectivity index (χ3v) is 4.00. The molecule has 0 aliphatic heterocycles. The Kier molecular flexibility index (Phi) is 6.24. The van der Waals surface area contributed by atoms with Gasteiger partial charge in [0.25, 0.3) is 5.69 Å². The number of nitro benzene ring substituents is 1. The van der Waals surface area contributed by atoms with E-state index in [1.165, 1.54) is 18.2 Å². The van der Waals surface area contributed by atoms with Crippen molar-refractivity contribution in [3.05, 3.63) is 74.2 Å². The fourth-order valence-corrected chi connectivity index (χ4v) is 2.53. The normalized spacial score (nSPS) is 11.6. The van der Waals surface area contributed by atoms with Crippen molar-refractivity contribution >= 4 is 33.5 Å². The molecule has 8 heteroatoms. The average Bonchev–Trinajstić information content (AvgIpc) is 2.56. The minimum Gasteiger partial charge on any atom is -0.480 e. The maximum atomic E-state index is 12.1. The molecule has 2 rings (SSSR count). The fourth-order valence-electron chi connectivity index (χ4n) is 2.27. The predicted octanol–water partition coefficient (Wildman–Crippen LogP) is 2.71. The number of carboxylic acids is 1. The van der Waals surface area contributed by atoms with Gasteiger partial charge in [0.15, 0.2) is 0 Å². The number of hydrogen-bond donors (Lipinski definition) is 2. The van der Waals surface area contributed by atoms with Crippen molar-refractivity contribution in [1.82, 2.24) is 5.32 Å². The summed E-state index contributed by atoms with van der Waals surface area (Å²) in [4.78, 5) is 33.7. The summed E-state index contributed by atoms with van der Waals surface area (Å²) >= 11 is 3.30. The molecule has 7 nitrogen and oxygen atoms in total. The Morgan fingerprint density at radius 2 is 1.84 bits per heavy atom. The number of nitrogens with one attached hydrogen (secondary N) is 1. The number of non-ortho nitro benzene ring substituents is 1. The Morgan fingerprint density at radius 1 is 1.16 bits per heavy atom. The SMILES string of the molecule is O=C(Cc1cccc([N+](=O)[O-])c1)N[C@@H](Cc1ccc(Br)cc1)C(=O)O. The Morgan fingerprint density at radius 3 is 2.44 bits per heavy atom. The van der Waals surface area contributed by atoms with Crippen molar-refractivity contribution in [3.8, 4) is 0 Å². The maximum Gasteiger partial charge on any atom is 0.326 e. The molecule has 0 radical (unpaired) electrons. The highest BCUT2D eigenvalue weighted by molar-refractivity contribution is 9.10. The van der Waals surface area contributed by atoms with Crippen molar-refractivity contribution in [2.24, 2.45) is 0 Å².